The highest BCUT2D eigenvalue weighted by molar-refractivity contribution is 6.28. The molecule has 2 aromatic heterocycles. The van der Waals surface area contributed by atoms with Crippen LogP contribution in [0.25, 0.3) is 10.9 Å². The van der Waals surface area contributed by atoms with Gasteiger partial charge in [-0.05, 0) is 35.9 Å². The number of carbonyl (C=O) groups is 1. The number of hydrogen-bond donors (Lipinski definition) is 2. The standard InChI is InChI=1S/C14H9ClN4O2.C2H6/c15-14-17-7-10(13(20)21)12(19-14)18-9-3-4-11-8(6-9)2-1-5-16-11;1-2/h1-7H,(H,20,21)(H,17,18,19);1-2H3. The van der Waals surface area contributed by atoms with Crippen LogP contribution in [0, 0.1) is 0 Å². The van der Waals surface area contributed by atoms with Gasteiger partial charge >= 0.3 is 5.97 Å². The molecule has 0 amide bonds. The number of hydrogen-bond acceptors (Lipinski definition) is 5. The minimum atomic E-state index is -1.13. The molecule has 0 unspecified atom stereocenters. The summed E-state index contributed by atoms with van der Waals surface area (Å²) in [7, 11) is 0. The van der Waals surface area contributed by atoms with E-state index in [0.29, 0.717) is 5.69 Å². The maximum absolute atomic E-state index is 11.2. The minimum absolute atomic E-state index is 0.0232. The van der Waals surface area contributed by atoms with E-state index in [4.69, 9.17) is 16.7 Å². The van der Waals surface area contributed by atoms with Crippen LogP contribution in [0.4, 0.5) is 11.5 Å². The predicted octanol–water partition coefficient (Wildman–Crippen LogP) is 4.15. The van der Waals surface area contributed by atoms with Gasteiger partial charge in [0, 0.05) is 23.5 Å². The fraction of sp³-hybridized carbons (Fsp3) is 0.125. The van der Waals surface area contributed by atoms with Gasteiger partial charge in [0.15, 0.2) is 0 Å². The molecule has 0 radical (unpaired) electrons. The number of aromatic nitrogens is 3. The highest BCUT2D eigenvalue weighted by Crippen LogP contribution is 2.23. The number of fused-ring (bicyclic) bond motifs is 1. The van der Waals surface area contributed by atoms with Gasteiger partial charge < -0.3 is 10.4 Å². The smallest absolute Gasteiger partial charge is 0.341 e. The fourth-order valence-electron chi connectivity index (χ4n) is 1.90. The number of halogens is 1. The highest BCUT2D eigenvalue weighted by atomic mass is 35.5. The molecule has 7 heteroatoms. The predicted molar refractivity (Wildman–Crippen MR) is 90.4 cm³/mol. The van der Waals surface area contributed by atoms with Crippen molar-refractivity contribution in [2.45, 2.75) is 13.8 Å². The van der Waals surface area contributed by atoms with Crippen LogP contribution in [0.15, 0.2) is 42.7 Å². The van der Waals surface area contributed by atoms with E-state index in [1.54, 1.807) is 12.3 Å². The third-order valence-electron chi connectivity index (χ3n) is 2.86. The van der Waals surface area contributed by atoms with E-state index in [0.717, 1.165) is 10.9 Å². The average Bonchev–Trinajstić information content (AvgIpc) is 2.56. The summed E-state index contributed by atoms with van der Waals surface area (Å²) in [4.78, 5) is 23.0. The molecular weight excluding hydrogens is 316 g/mol. The number of benzene rings is 1. The summed E-state index contributed by atoms with van der Waals surface area (Å²) >= 11 is 5.72. The molecule has 1 aromatic carbocycles. The first-order valence-corrected chi connectivity index (χ1v) is 7.39. The van der Waals surface area contributed by atoms with Gasteiger partial charge in [-0.2, -0.15) is 4.98 Å². The van der Waals surface area contributed by atoms with Crippen LogP contribution < -0.4 is 5.32 Å². The molecule has 0 bridgehead atoms. The molecule has 6 nitrogen and oxygen atoms in total. The van der Waals surface area contributed by atoms with Gasteiger partial charge in [0.05, 0.1) is 5.52 Å². The van der Waals surface area contributed by atoms with Crippen molar-refractivity contribution < 1.29 is 9.90 Å². The average molecular weight is 331 g/mol. The topological polar surface area (TPSA) is 88.0 Å². The zero-order valence-corrected chi connectivity index (χ0v) is 13.4. The molecule has 0 atom stereocenters. The summed E-state index contributed by atoms with van der Waals surface area (Å²) in [5, 5.41) is 13.0. The molecule has 118 valence electrons. The Balaban J connectivity index is 0.000000924. The number of rotatable bonds is 3. The largest absolute Gasteiger partial charge is 0.477 e. The molecule has 0 fully saturated rings. The Morgan fingerprint density at radius 1 is 1.22 bits per heavy atom. The number of nitrogens with zero attached hydrogens (tertiary/aromatic N) is 3. The van der Waals surface area contributed by atoms with Crippen LogP contribution in [-0.4, -0.2) is 26.0 Å². The van der Waals surface area contributed by atoms with Gasteiger partial charge in [-0.25, -0.2) is 9.78 Å². The third kappa shape index (κ3) is 3.92. The van der Waals surface area contributed by atoms with Gasteiger partial charge in [-0.3, -0.25) is 4.98 Å². The van der Waals surface area contributed by atoms with Gasteiger partial charge in [0.1, 0.15) is 11.4 Å². The van der Waals surface area contributed by atoms with Crippen molar-refractivity contribution in [3.8, 4) is 0 Å². The molecule has 0 saturated carbocycles. The molecule has 2 N–H and O–H groups in total. The fourth-order valence-corrected chi connectivity index (χ4v) is 2.04. The first kappa shape index (κ1) is 16.6. The minimum Gasteiger partial charge on any atom is -0.477 e. The molecule has 3 aromatic rings. The van der Waals surface area contributed by atoms with Crippen LogP contribution in [0.1, 0.15) is 24.2 Å². The SMILES string of the molecule is CC.O=C(O)c1cnc(Cl)nc1Nc1ccc2ncccc2c1. The lowest BCUT2D eigenvalue weighted by Gasteiger charge is -2.09. The monoisotopic (exact) mass is 330 g/mol. The summed E-state index contributed by atoms with van der Waals surface area (Å²) in [5.41, 5.74) is 1.49. The van der Waals surface area contributed by atoms with Crippen LogP contribution in [0.2, 0.25) is 5.28 Å². The van der Waals surface area contributed by atoms with Gasteiger partial charge in [-0.1, -0.05) is 19.9 Å². The molecule has 0 aliphatic carbocycles. The second-order valence-electron chi connectivity index (χ2n) is 4.24. The summed E-state index contributed by atoms with van der Waals surface area (Å²) in [5.74, 6) is -0.984. The van der Waals surface area contributed by atoms with Crippen molar-refractivity contribution in [2.75, 3.05) is 5.32 Å². The Labute approximate surface area is 138 Å². The Hall–Kier alpha value is -2.73. The molecular formula is C16H15ClN4O2. The molecule has 23 heavy (non-hydrogen) atoms. The number of aromatic carboxylic acids is 1. The van der Waals surface area contributed by atoms with Crippen molar-refractivity contribution >= 4 is 40.0 Å². The first-order chi connectivity index (χ1) is 11.1. The lowest BCUT2D eigenvalue weighted by Crippen LogP contribution is -2.06. The summed E-state index contributed by atoms with van der Waals surface area (Å²) < 4.78 is 0. The first-order valence-electron chi connectivity index (χ1n) is 7.01. The second kappa shape index (κ2) is 7.51. The van der Waals surface area contributed by atoms with Gasteiger partial charge in [-0.15, -0.1) is 0 Å². The van der Waals surface area contributed by atoms with Crippen LogP contribution in [-0.2, 0) is 0 Å². The lowest BCUT2D eigenvalue weighted by molar-refractivity contribution is 0.0697. The van der Waals surface area contributed by atoms with E-state index in [-0.39, 0.29) is 16.7 Å². The lowest BCUT2D eigenvalue weighted by atomic mass is 10.2. The zero-order chi connectivity index (χ0) is 16.8. The quantitative estimate of drug-likeness (QED) is 0.701. The summed E-state index contributed by atoms with van der Waals surface area (Å²) in [6, 6.07) is 9.22. The Morgan fingerprint density at radius 3 is 2.74 bits per heavy atom. The number of carboxylic acid groups (broad SMARTS) is 1. The van der Waals surface area contributed by atoms with E-state index in [1.807, 2.05) is 38.1 Å². The molecule has 0 spiro atoms. The molecule has 0 aliphatic heterocycles. The van der Waals surface area contributed by atoms with Crippen LogP contribution >= 0.6 is 11.6 Å². The second-order valence-corrected chi connectivity index (χ2v) is 4.58. The maximum atomic E-state index is 11.2. The Bertz CT molecular complexity index is 839. The number of nitrogens with one attached hydrogen (secondary N) is 1. The molecule has 0 saturated heterocycles. The van der Waals surface area contributed by atoms with Crippen LogP contribution in [0.3, 0.4) is 0 Å². The number of pyridine rings is 1. The van der Waals surface area contributed by atoms with E-state index >= 15 is 0 Å². The van der Waals surface area contributed by atoms with E-state index in [9.17, 15) is 4.79 Å². The zero-order valence-electron chi connectivity index (χ0n) is 12.6. The third-order valence-corrected chi connectivity index (χ3v) is 3.04. The normalized spacial score (nSPS) is 9.87. The van der Waals surface area contributed by atoms with Gasteiger partial charge in [0.25, 0.3) is 0 Å². The van der Waals surface area contributed by atoms with E-state index in [1.165, 1.54) is 6.20 Å². The van der Waals surface area contributed by atoms with Crippen molar-refractivity contribution in [3.05, 3.63) is 53.6 Å². The summed E-state index contributed by atoms with van der Waals surface area (Å²) in [6.45, 7) is 4.00. The van der Waals surface area contributed by atoms with E-state index in [2.05, 4.69) is 20.3 Å². The van der Waals surface area contributed by atoms with Crippen LogP contribution in [0.5, 0.6) is 0 Å². The Morgan fingerprint density at radius 2 is 2.00 bits per heavy atom. The van der Waals surface area contributed by atoms with Crippen molar-refractivity contribution in [1.29, 1.82) is 0 Å². The Kier molecular flexibility index (Phi) is 5.43. The van der Waals surface area contributed by atoms with Crippen molar-refractivity contribution in [2.24, 2.45) is 0 Å². The van der Waals surface area contributed by atoms with Gasteiger partial charge in [0.2, 0.25) is 5.28 Å². The number of carboxylic acids is 1. The molecule has 3 rings (SSSR count). The van der Waals surface area contributed by atoms with Crippen molar-refractivity contribution in [1.82, 2.24) is 15.0 Å². The maximum Gasteiger partial charge on any atom is 0.341 e. The number of anilines is 2. The van der Waals surface area contributed by atoms with Crippen molar-refractivity contribution in [3.63, 3.8) is 0 Å². The summed E-state index contributed by atoms with van der Waals surface area (Å²) in [6.07, 6.45) is 2.88. The highest BCUT2D eigenvalue weighted by Gasteiger charge is 2.13. The molecule has 2 heterocycles. The van der Waals surface area contributed by atoms with E-state index < -0.39 is 5.97 Å². The molecule has 0 aliphatic rings.